The first-order valence-electron chi connectivity index (χ1n) is 5.65. The van der Waals surface area contributed by atoms with Gasteiger partial charge in [-0.3, -0.25) is 9.74 Å². The molecule has 0 amide bonds. The molecule has 0 bridgehead atoms. The Hall–Kier alpha value is -1.56. The standard InChI is InChI=1S/C10H13N4O5P/c1-18-9(12)6-4(2-11)13-20-14(6)10-8(17)7(16)5(3-15)19-10/h5,7-8,10,12,15-17H,3H2,1H3. The van der Waals surface area contributed by atoms with Crippen molar-refractivity contribution < 1.29 is 24.8 Å². The Morgan fingerprint density at radius 2 is 2.30 bits per heavy atom. The highest BCUT2D eigenvalue weighted by molar-refractivity contribution is 7.21. The van der Waals surface area contributed by atoms with Gasteiger partial charge in [-0.1, -0.05) is 0 Å². The first-order valence-corrected chi connectivity index (χ1v) is 6.45. The lowest BCUT2D eigenvalue weighted by Gasteiger charge is -2.18. The largest absolute Gasteiger partial charge is 0.480 e. The van der Waals surface area contributed by atoms with Gasteiger partial charge >= 0.3 is 0 Å². The molecule has 2 rings (SSSR count). The van der Waals surface area contributed by atoms with E-state index in [9.17, 15) is 10.2 Å². The number of ether oxygens (including phenoxy) is 2. The van der Waals surface area contributed by atoms with E-state index in [0.717, 1.165) is 0 Å². The van der Waals surface area contributed by atoms with Gasteiger partial charge in [-0.15, -0.1) is 0 Å². The first-order chi connectivity index (χ1) is 9.54. The van der Waals surface area contributed by atoms with Crippen LogP contribution in [0.3, 0.4) is 0 Å². The minimum atomic E-state index is -1.30. The molecule has 108 valence electrons. The highest BCUT2D eigenvalue weighted by atomic mass is 31.1. The third-order valence-electron chi connectivity index (χ3n) is 2.98. The van der Waals surface area contributed by atoms with Gasteiger partial charge in [-0.05, 0) is 0 Å². The van der Waals surface area contributed by atoms with Crippen LogP contribution in [0.4, 0.5) is 0 Å². The van der Waals surface area contributed by atoms with Crippen molar-refractivity contribution in [2.24, 2.45) is 0 Å². The van der Waals surface area contributed by atoms with E-state index in [1.807, 2.05) is 6.07 Å². The Balaban J connectivity index is 2.42. The molecule has 1 aromatic heterocycles. The van der Waals surface area contributed by atoms with Crippen LogP contribution in [0.25, 0.3) is 0 Å². The Kier molecular flexibility index (Phi) is 4.32. The molecule has 0 spiro atoms. The van der Waals surface area contributed by atoms with E-state index in [1.165, 1.54) is 11.4 Å². The number of hydrogen-bond donors (Lipinski definition) is 4. The van der Waals surface area contributed by atoms with Gasteiger partial charge in [0.25, 0.3) is 0 Å². The lowest BCUT2D eigenvalue weighted by atomic mass is 10.1. The average molecular weight is 300 g/mol. The molecule has 0 saturated carbocycles. The van der Waals surface area contributed by atoms with Crippen molar-refractivity contribution >= 4 is 14.4 Å². The maximum Gasteiger partial charge on any atom is 0.233 e. The number of nitriles is 1. The van der Waals surface area contributed by atoms with Crippen LogP contribution in [0.15, 0.2) is 0 Å². The number of rotatable bonds is 3. The van der Waals surface area contributed by atoms with E-state index in [1.54, 1.807) is 0 Å². The Bertz CT molecular complexity index is 556. The van der Waals surface area contributed by atoms with Gasteiger partial charge in [0.1, 0.15) is 38.6 Å². The van der Waals surface area contributed by atoms with Crippen LogP contribution in [0.1, 0.15) is 17.6 Å². The van der Waals surface area contributed by atoms with Crippen molar-refractivity contribution in [3.05, 3.63) is 11.4 Å². The fourth-order valence-electron chi connectivity index (χ4n) is 1.94. The van der Waals surface area contributed by atoms with Crippen LogP contribution in [-0.4, -0.2) is 62.3 Å². The molecule has 10 heteroatoms. The molecular formula is C10H13N4O5P. The Morgan fingerprint density at radius 3 is 2.80 bits per heavy atom. The number of aromatic nitrogens is 2. The molecule has 1 saturated heterocycles. The molecule has 0 aromatic carbocycles. The summed E-state index contributed by atoms with van der Waals surface area (Å²) < 4.78 is 15.4. The van der Waals surface area contributed by atoms with Crippen molar-refractivity contribution in [1.82, 2.24) is 9.08 Å². The maximum absolute atomic E-state index is 9.96. The summed E-state index contributed by atoms with van der Waals surface area (Å²) in [5.41, 5.74) is 0.0581. The summed E-state index contributed by atoms with van der Waals surface area (Å²) in [6.07, 6.45) is -4.52. The van der Waals surface area contributed by atoms with Gasteiger partial charge < -0.3 is 24.8 Å². The number of methoxy groups -OCH3 is 1. The van der Waals surface area contributed by atoms with Gasteiger partial charge in [0.05, 0.1) is 13.7 Å². The molecule has 2 heterocycles. The van der Waals surface area contributed by atoms with Crippen molar-refractivity contribution in [3.8, 4) is 6.07 Å². The summed E-state index contributed by atoms with van der Waals surface area (Å²) in [6, 6.07) is 1.83. The smallest absolute Gasteiger partial charge is 0.233 e. The highest BCUT2D eigenvalue weighted by Crippen LogP contribution is 2.33. The van der Waals surface area contributed by atoms with Gasteiger partial charge in [0.2, 0.25) is 5.90 Å². The molecule has 20 heavy (non-hydrogen) atoms. The van der Waals surface area contributed by atoms with E-state index in [-0.39, 0.29) is 25.8 Å². The molecule has 4 unspecified atom stereocenters. The summed E-state index contributed by atoms with van der Waals surface area (Å²) in [5, 5.41) is 45.4. The third kappa shape index (κ3) is 2.28. The zero-order valence-corrected chi connectivity index (χ0v) is 11.4. The number of nitrogens with zero attached hydrogens (tertiary/aromatic N) is 3. The van der Waals surface area contributed by atoms with Crippen molar-refractivity contribution in [2.45, 2.75) is 24.5 Å². The molecular weight excluding hydrogens is 287 g/mol. The molecule has 0 aliphatic carbocycles. The van der Waals surface area contributed by atoms with E-state index in [2.05, 4.69) is 4.75 Å². The van der Waals surface area contributed by atoms with Crippen LogP contribution in [0, 0.1) is 16.7 Å². The third-order valence-corrected chi connectivity index (χ3v) is 3.89. The van der Waals surface area contributed by atoms with Gasteiger partial charge in [0.15, 0.2) is 11.9 Å². The van der Waals surface area contributed by atoms with Gasteiger partial charge in [-0.2, -0.15) is 10.0 Å². The Labute approximate surface area is 115 Å². The second-order valence-corrected chi connectivity index (χ2v) is 4.91. The number of aliphatic hydroxyl groups is 3. The second-order valence-electron chi connectivity index (χ2n) is 4.11. The molecule has 4 N–H and O–H groups in total. The predicted octanol–water partition coefficient (Wildman–Crippen LogP) is -1.08. The zero-order valence-electron chi connectivity index (χ0n) is 10.5. The lowest BCUT2D eigenvalue weighted by Crippen LogP contribution is -2.33. The molecule has 4 atom stereocenters. The van der Waals surface area contributed by atoms with E-state index >= 15 is 0 Å². The monoisotopic (exact) mass is 300 g/mol. The van der Waals surface area contributed by atoms with Gasteiger partial charge in [-0.25, -0.2) is 0 Å². The zero-order chi connectivity index (χ0) is 14.9. The van der Waals surface area contributed by atoms with Crippen LogP contribution in [0.5, 0.6) is 0 Å². The first kappa shape index (κ1) is 14.8. The van der Waals surface area contributed by atoms with E-state index in [0.29, 0.717) is 0 Å². The van der Waals surface area contributed by atoms with Crippen LogP contribution < -0.4 is 0 Å². The van der Waals surface area contributed by atoms with Gasteiger partial charge in [0, 0.05) is 0 Å². The Morgan fingerprint density at radius 1 is 1.60 bits per heavy atom. The molecule has 1 fully saturated rings. The second kappa shape index (κ2) is 5.83. The molecule has 9 nitrogen and oxygen atoms in total. The quantitative estimate of drug-likeness (QED) is 0.410. The average Bonchev–Trinajstić information content (AvgIpc) is 3.00. The minimum Gasteiger partial charge on any atom is -0.480 e. The minimum absolute atomic E-state index is 0.0174. The molecule has 1 aromatic rings. The SMILES string of the molecule is COC(=N)c1c(C#N)npn1C1OC(CO)C(O)C1O. The fraction of sp³-hybridized carbons (Fsp3) is 0.600. The predicted molar refractivity (Wildman–Crippen MR) is 66.3 cm³/mol. The van der Waals surface area contributed by atoms with E-state index in [4.69, 9.17) is 25.3 Å². The number of aliphatic hydroxyl groups excluding tert-OH is 3. The summed E-state index contributed by atoms with van der Waals surface area (Å²) in [6.45, 7) is -0.456. The fourth-order valence-corrected chi connectivity index (χ4v) is 2.83. The molecule has 0 radical (unpaired) electrons. The number of hydrogen-bond acceptors (Lipinski definition) is 8. The van der Waals surface area contributed by atoms with Crippen molar-refractivity contribution in [3.63, 3.8) is 0 Å². The lowest BCUT2D eigenvalue weighted by molar-refractivity contribution is -0.0481. The van der Waals surface area contributed by atoms with Crippen LogP contribution in [-0.2, 0) is 9.47 Å². The van der Waals surface area contributed by atoms with Crippen LogP contribution in [0.2, 0.25) is 0 Å². The topological polar surface area (TPSA) is 145 Å². The normalized spacial score (nSPS) is 29.6. The van der Waals surface area contributed by atoms with E-state index < -0.39 is 31.1 Å². The van der Waals surface area contributed by atoms with Crippen LogP contribution >= 0.6 is 8.51 Å². The molecule has 1 aliphatic rings. The summed E-state index contributed by atoms with van der Waals surface area (Å²) >= 11 is 0. The van der Waals surface area contributed by atoms with Crippen molar-refractivity contribution in [1.29, 1.82) is 10.7 Å². The maximum atomic E-state index is 9.96. The molecule has 1 aliphatic heterocycles. The summed E-state index contributed by atoms with van der Waals surface area (Å²) in [7, 11) is 1.54. The summed E-state index contributed by atoms with van der Waals surface area (Å²) in [4.78, 5) is 0. The summed E-state index contributed by atoms with van der Waals surface area (Å²) in [5.74, 6) is -0.298. The highest BCUT2D eigenvalue weighted by Gasteiger charge is 2.44. The number of nitrogens with one attached hydrogen (secondary N) is 1. The van der Waals surface area contributed by atoms with Crippen molar-refractivity contribution in [2.75, 3.05) is 13.7 Å².